The first-order chi connectivity index (χ1) is 8.29. The van der Waals surface area contributed by atoms with Crippen LogP contribution in [0.15, 0.2) is 0 Å². The van der Waals surface area contributed by atoms with Crippen LogP contribution in [0.4, 0.5) is 0 Å². The van der Waals surface area contributed by atoms with Crippen LogP contribution < -0.4 is 5.32 Å². The molecule has 1 N–H and O–H groups in total. The summed E-state index contributed by atoms with van der Waals surface area (Å²) in [6.07, 6.45) is 8.54. The lowest BCUT2D eigenvalue weighted by Crippen LogP contribution is -2.37. The highest BCUT2D eigenvalue weighted by atomic mass is 16.5. The zero-order valence-corrected chi connectivity index (χ0v) is 10.9. The summed E-state index contributed by atoms with van der Waals surface area (Å²) >= 11 is 0. The fourth-order valence-corrected chi connectivity index (χ4v) is 2.62. The van der Waals surface area contributed by atoms with Gasteiger partial charge in [0.2, 0.25) is 5.91 Å². The summed E-state index contributed by atoms with van der Waals surface area (Å²) < 4.78 is 5.88. The monoisotopic (exact) mass is 239 g/mol. The van der Waals surface area contributed by atoms with Crippen molar-refractivity contribution in [1.29, 1.82) is 0 Å². The maximum absolute atomic E-state index is 11.9. The van der Waals surface area contributed by atoms with Gasteiger partial charge in [-0.2, -0.15) is 0 Å². The normalized spacial score (nSPS) is 22.6. The van der Waals surface area contributed by atoms with Gasteiger partial charge in [-0.05, 0) is 38.0 Å². The third kappa shape index (κ3) is 4.30. The number of carbonyl (C=O) groups is 1. The largest absolute Gasteiger partial charge is 0.368 e. The van der Waals surface area contributed by atoms with Crippen molar-refractivity contribution >= 4 is 5.91 Å². The molecule has 0 bridgehead atoms. The Balaban J connectivity index is 1.74. The van der Waals surface area contributed by atoms with E-state index in [9.17, 15) is 4.79 Å². The van der Waals surface area contributed by atoms with Crippen molar-refractivity contribution in [3.63, 3.8) is 0 Å². The predicted octanol–water partition coefficient (Wildman–Crippen LogP) is 2.50. The van der Waals surface area contributed by atoms with Crippen molar-refractivity contribution in [3.8, 4) is 0 Å². The summed E-state index contributed by atoms with van der Waals surface area (Å²) in [5, 5.41) is 2.89. The zero-order chi connectivity index (χ0) is 12.1. The molecule has 0 saturated heterocycles. The number of likely N-dealkylation sites (N-methyl/N-ethyl adjacent to an activating group) is 1. The standard InChI is InChI=1S/C14H25NO2/c1-2-15-14(16)13(9-11-7-8-11)17-10-12-5-3-4-6-12/h11-13H,2-10H2,1H3,(H,15,16). The summed E-state index contributed by atoms with van der Waals surface area (Å²) in [5.41, 5.74) is 0. The summed E-state index contributed by atoms with van der Waals surface area (Å²) in [7, 11) is 0. The van der Waals surface area contributed by atoms with E-state index in [1.807, 2.05) is 6.92 Å². The van der Waals surface area contributed by atoms with E-state index in [-0.39, 0.29) is 12.0 Å². The van der Waals surface area contributed by atoms with E-state index < -0.39 is 0 Å². The average molecular weight is 239 g/mol. The van der Waals surface area contributed by atoms with Crippen LogP contribution in [0.3, 0.4) is 0 Å². The third-order valence-electron chi connectivity index (χ3n) is 3.90. The third-order valence-corrected chi connectivity index (χ3v) is 3.90. The summed E-state index contributed by atoms with van der Waals surface area (Å²) in [4.78, 5) is 11.9. The number of hydrogen-bond acceptors (Lipinski definition) is 2. The lowest BCUT2D eigenvalue weighted by Gasteiger charge is -2.19. The van der Waals surface area contributed by atoms with Crippen LogP contribution in [0.5, 0.6) is 0 Å². The van der Waals surface area contributed by atoms with Gasteiger partial charge in [-0.25, -0.2) is 0 Å². The van der Waals surface area contributed by atoms with E-state index in [0.717, 1.165) is 18.9 Å². The SMILES string of the molecule is CCNC(=O)C(CC1CC1)OCC1CCCC1. The Morgan fingerprint density at radius 2 is 1.94 bits per heavy atom. The molecule has 3 nitrogen and oxygen atoms in total. The summed E-state index contributed by atoms with van der Waals surface area (Å²) in [6.45, 7) is 3.45. The van der Waals surface area contributed by atoms with Gasteiger partial charge in [0.1, 0.15) is 6.10 Å². The maximum Gasteiger partial charge on any atom is 0.249 e. The first-order valence-corrected chi connectivity index (χ1v) is 7.19. The van der Waals surface area contributed by atoms with Gasteiger partial charge in [0.05, 0.1) is 6.61 Å². The molecule has 1 amide bonds. The molecule has 17 heavy (non-hydrogen) atoms. The lowest BCUT2D eigenvalue weighted by molar-refractivity contribution is -0.134. The summed E-state index contributed by atoms with van der Waals surface area (Å²) in [6, 6.07) is 0. The Hall–Kier alpha value is -0.570. The lowest BCUT2D eigenvalue weighted by atomic mass is 10.1. The molecule has 1 unspecified atom stereocenters. The van der Waals surface area contributed by atoms with Crippen LogP contribution >= 0.6 is 0 Å². The van der Waals surface area contributed by atoms with Gasteiger partial charge in [-0.15, -0.1) is 0 Å². The molecule has 0 aromatic rings. The van der Waals surface area contributed by atoms with Gasteiger partial charge >= 0.3 is 0 Å². The van der Waals surface area contributed by atoms with Gasteiger partial charge in [-0.3, -0.25) is 4.79 Å². The molecule has 98 valence electrons. The second-order valence-electron chi connectivity index (χ2n) is 5.55. The Morgan fingerprint density at radius 1 is 1.24 bits per heavy atom. The first-order valence-electron chi connectivity index (χ1n) is 7.19. The van der Waals surface area contributed by atoms with E-state index in [0.29, 0.717) is 12.5 Å². The van der Waals surface area contributed by atoms with Gasteiger partial charge in [0.25, 0.3) is 0 Å². The highest BCUT2D eigenvalue weighted by Gasteiger charge is 2.30. The minimum absolute atomic E-state index is 0.0948. The van der Waals surface area contributed by atoms with Gasteiger partial charge in [-0.1, -0.05) is 25.7 Å². The predicted molar refractivity (Wildman–Crippen MR) is 67.7 cm³/mol. The molecule has 0 radical (unpaired) electrons. The second-order valence-corrected chi connectivity index (χ2v) is 5.55. The van der Waals surface area contributed by atoms with Crippen molar-refractivity contribution in [2.45, 2.75) is 58.0 Å². The molecule has 3 heteroatoms. The van der Waals surface area contributed by atoms with Crippen LogP contribution in [0.1, 0.15) is 51.9 Å². The molecule has 1 atom stereocenters. The van der Waals surface area contributed by atoms with E-state index in [4.69, 9.17) is 4.74 Å². The molecular formula is C14H25NO2. The number of carbonyl (C=O) groups excluding carboxylic acids is 1. The molecule has 0 aromatic carbocycles. The number of hydrogen-bond donors (Lipinski definition) is 1. The highest BCUT2D eigenvalue weighted by molar-refractivity contribution is 5.80. The molecule has 2 saturated carbocycles. The van der Waals surface area contributed by atoms with Crippen LogP contribution in [0.2, 0.25) is 0 Å². The van der Waals surface area contributed by atoms with Crippen LogP contribution in [0.25, 0.3) is 0 Å². The average Bonchev–Trinajstić information content (AvgIpc) is 2.98. The topological polar surface area (TPSA) is 38.3 Å². The number of ether oxygens (including phenoxy) is 1. The summed E-state index contributed by atoms with van der Waals surface area (Å²) in [5.74, 6) is 1.54. The van der Waals surface area contributed by atoms with Crippen molar-refractivity contribution in [2.75, 3.05) is 13.2 Å². The number of amides is 1. The minimum Gasteiger partial charge on any atom is -0.368 e. The van der Waals surface area contributed by atoms with Crippen LogP contribution in [0, 0.1) is 11.8 Å². The second kappa shape index (κ2) is 6.39. The van der Waals surface area contributed by atoms with Crippen molar-refractivity contribution in [3.05, 3.63) is 0 Å². The van der Waals surface area contributed by atoms with Gasteiger partial charge in [0.15, 0.2) is 0 Å². The molecule has 2 fully saturated rings. The molecular weight excluding hydrogens is 214 g/mol. The van der Waals surface area contributed by atoms with E-state index >= 15 is 0 Å². The van der Waals surface area contributed by atoms with Crippen LogP contribution in [-0.4, -0.2) is 25.2 Å². The molecule has 0 heterocycles. The number of nitrogens with one attached hydrogen (secondary N) is 1. The minimum atomic E-state index is -0.192. The Morgan fingerprint density at radius 3 is 2.53 bits per heavy atom. The first kappa shape index (κ1) is 12.9. The molecule has 2 aliphatic carbocycles. The fraction of sp³-hybridized carbons (Fsp3) is 0.929. The Bertz CT molecular complexity index is 245. The molecule has 2 aliphatic rings. The smallest absolute Gasteiger partial charge is 0.249 e. The van der Waals surface area contributed by atoms with Crippen molar-refractivity contribution < 1.29 is 9.53 Å². The van der Waals surface area contributed by atoms with E-state index in [1.54, 1.807) is 0 Å². The Kier molecular flexibility index (Phi) is 4.84. The molecule has 0 spiro atoms. The molecule has 0 aromatic heterocycles. The number of rotatable bonds is 7. The van der Waals surface area contributed by atoms with Gasteiger partial charge < -0.3 is 10.1 Å². The fourth-order valence-electron chi connectivity index (χ4n) is 2.62. The highest BCUT2D eigenvalue weighted by Crippen LogP contribution is 2.34. The maximum atomic E-state index is 11.9. The van der Waals surface area contributed by atoms with Crippen LogP contribution in [-0.2, 0) is 9.53 Å². The van der Waals surface area contributed by atoms with Crippen molar-refractivity contribution in [2.24, 2.45) is 11.8 Å². The Labute approximate surface area is 104 Å². The quantitative estimate of drug-likeness (QED) is 0.741. The van der Waals surface area contributed by atoms with E-state index in [2.05, 4.69) is 5.32 Å². The molecule has 0 aliphatic heterocycles. The van der Waals surface area contributed by atoms with E-state index in [1.165, 1.54) is 38.5 Å². The zero-order valence-electron chi connectivity index (χ0n) is 10.9. The van der Waals surface area contributed by atoms with Crippen molar-refractivity contribution in [1.82, 2.24) is 5.32 Å². The van der Waals surface area contributed by atoms with Gasteiger partial charge in [0, 0.05) is 6.54 Å². The molecule has 2 rings (SSSR count).